The molecule has 5 heteroatoms. The molecular weight excluding hydrogens is 491 g/mol. The number of hydrogen-bond donors (Lipinski definition) is 0. The molecule has 2 aromatic rings. The number of Topliss-reactive ketones (excluding diaryl/α,β-unsaturated/α-hetero) is 1. The van der Waals surface area contributed by atoms with E-state index < -0.39 is 8.32 Å². The monoisotopic (exact) mass is 532 g/mol. The third-order valence-electron chi connectivity index (χ3n) is 8.87. The van der Waals surface area contributed by atoms with Crippen LogP contribution in [0.25, 0.3) is 0 Å². The summed E-state index contributed by atoms with van der Waals surface area (Å²) in [6.07, 6.45) is 5.71. The fourth-order valence-electron chi connectivity index (χ4n) is 6.20. The zero-order valence-corrected chi connectivity index (χ0v) is 24.2. The van der Waals surface area contributed by atoms with E-state index in [1.807, 2.05) is 6.07 Å². The van der Waals surface area contributed by atoms with Crippen LogP contribution in [-0.4, -0.2) is 35.2 Å². The minimum atomic E-state index is -2.01. The summed E-state index contributed by atoms with van der Waals surface area (Å²) in [6, 6.07) is 12.6. The molecule has 2 aliphatic rings. The summed E-state index contributed by atoms with van der Waals surface area (Å²) in [6.45, 7) is 18.8. The van der Waals surface area contributed by atoms with Crippen LogP contribution in [-0.2, 0) is 9.22 Å². The molecule has 0 aliphatic heterocycles. The van der Waals surface area contributed by atoms with E-state index in [0.29, 0.717) is 5.78 Å². The first-order valence-corrected chi connectivity index (χ1v) is 17.0. The van der Waals surface area contributed by atoms with E-state index in [2.05, 4.69) is 85.0 Å². The Labute approximate surface area is 207 Å². The fourth-order valence-corrected chi connectivity index (χ4v) is 11.1. The molecule has 1 aromatic heterocycles. The molecule has 2 aliphatic carbocycles. The third kappa shape index (κ3) is 4.24. The van der Waals surface area contributed by atoms with Gasteiger partial charge in [-0.05, 0) is 0 Å². The minimum absolute atomic E-state index is 0.0469. The molecule has 0 amide bonds. The standard InChI is InChI=1S/C28H40O3SeSi/c1-26(2,3)33(7,8)31-21-14-16-27(4,5)25-24(32-20-12-10-9-11-13-20)23(29)22(28(21,25)6)19-15-17-30-18-19/h9-13,15,17-18,21-22,24-25H,14,16H2,1-8H3/t21-,22+,24?,25-,28-/m0/s1. The molecule has 5 atom stereocenters. The molecule has 0 radical (unpaired) electrons. The normalized spacial score (nSPS) is 32.1. The van der Waals surface area contributed by atoms with Crippen LogP contribution in [0.2, 0.25) is 22.9 Å². The molecule has 0 bridgehead atoms. The molecule has 0 N–H and O–H groups in total. The summed E-state index contributed by atoms with van der Waals surface area (Å²) in [5.74, 6) is 0.499. The SMILES string of the molecule is CC1(C)CC[C@H](O[Si](C)(C)C(C)(C)C)[C@@]2(C)[C@H](c3ccoc3)C(=O)C([Se]c3ccccc3)[C@@H]12. The average molecular weight is 532 g/mol. The van der Waals surface area contributed by atoms with Gasteiger partial charge in [-0.15, -0.1) is 0 Å². The van der Waals surface area contributed by atoms with Crippen molar-refractivity contribution in [3.8, 4) is 0 Å². The molecule has 0 saturated heterocycles. The molecule has 2 fully saturated rings. The Kier molecular flexibility index (Phi) is 6.44. The van der Waals surface area contributed by atoms with Crippen molar-refractivity contribution in [2.75, 3.05) is 0 Å². The number of furan rings is 1. The van der Waals surface area contributed by atoms with Crippen LogP contribution in [0.1, 0.15) is 65.9 Å². The number of hydrogen-bond acceptors (Lipinski definition) is 3. The molecule has 3 nitrogen and oxygen atoms in total. The van der Waals surface area contributed by atoms with Gasteiger partial charge >= 0.3 is 208 Å². The average Bonchev–Trinajstić information content (AvgIpc) is 3.30. The van der Waals surface area contributed by atoms with Crippen molar-refractivity contribution in [2.24, 2.45) is 16.7 Å². The van der Waals surface area contributed by atoms with Gasteiger partial charge in [0.05, 0.1) is 0 Å². The van der Waals surface area contributed by atoms with Gasteiger partial charge in [-0.25, -0.2) is 0 Å². The van der Waals surface area contributed by atoms with E-state index in [9.17, 15) is 4.79 Å². The van der Waals surface area contributed by atoms with Crippen molar-refractivity contribution in [3.05, 3.63) is 54.5 Å². The summed E-state index contributed by atoms with van der Waals surface area (Å²) in [4.78, 5) is 14.4. The first-order valence-electron chi connectivity index (χ1n) is 12.2. The molecule has 1 unspecified atom stereocenters. The number of ketones is 1. The van der Waals surface area contributed by atoms with Gasteiger partial charge in [0.15, 0.2) is 0 Å². The second-order valence-electron chi connectivity index (χ2n) is 12.5. The van der Waals surface area contributed by atoms with Crippen molar-refractivity contribution in [3.63, 3.8) is 0 Å². The van der Waals surface area contributed by atoms with Gasteiger partial charge in [0, 0.05) is 0 Å². The van der Waals surface area contributed by atoms with Crippen LogP contribution in [0.3, 0.4) is 0 Å². The zero-order valence-electron chi connectivity index (χ0n) is 21.5. The van der Waals surface area contributed by atoms with Gasteiger partial charge in [-0.3, -0.25) is 0 Å². The van der Waals surface area contributed by atoms with Crippen molar-refractivity contribution in [1.29, 1.82) is 0 Å². The molecular formula is C28H40O3SeSi. The van der Waals surface area contributed by atoms with Crippen LogP contribution in [0.5, 0.6) is 0 Å². The van der Waals surface area contributed by atoms with E-state index in [1.165, 1.54) is 4.46 Å². The molecule has 180 valence electrons. The fraction of sp³-hybridized carbons (Fsp3) is 0.607. The van der Waals surface area contributed by atoms with E-state index >= 15 is 0 Å². The van der Waals surface area contributed by atoms with Crippen LogP contribution in [0.4, 0.5) is 0 Å². The second kappa shape index (κ2) is 8.51. The van der Waals surface area contributed by atoms with Crippen molar-refractivity contribution >= 4 is 33.5 Å². The van der Waals surface area contributed by atoms with E-state index in [1.54, 1.807) is 12.5 Å². The number of benzene rings is 1. The maximum absolute atomic E-state index is 14.3. The first kappa shape index (κ1) is 25.0. The van der Waals surface area contributed by atoms with Gasteiger partial charge in [0.1, 0.15) is 0 Å². The first-order chi connectivity index (χ1) is 15.3. The number of carbonyl (C=O) groups is 1. The molecule has 2 saturated carbocycles. The van der Waals surface area contributed by atoms with Crippen LogP contribution >= 0.6 is 0 Å². The summed E-state index contributed by atoms with van der Waals surface area (Å²) in [5, 5.41) is 0.132. The molecule has 4 rings (SSSR count). The van der Waals surface area contributed by atoms with Crippen molar-refractivity contribution in [2.45, 2.75) is 89.4 Å². The summed E-state index contributed by atoms with van der Waals surface area (Å²) in [7, 11) is -2.01. The second-order valence-corrected chi connectivity index (χ2v) is 19.8. The number of fused-ring (bicyclic) bond motifs is 1. The molecule has 33 heavy (non-hydrogen) atoms. The Morgan fingerprint density at radius 2 is 1.76 bits per heavy atom. The Bertz CT molecular complexity index is 976. The van der Waals surface area contributed by atoms with Crippen LogP contribution in [0.15, 0.2) is 53.3 Å². The molecule has 1 aromatic carbocycles. The topological polar surface area (TPSA) is 39.4 Å². The van der Waals surface area contributed by atoms with Gasteiger partial charge < -0.3 is 0 Å². The summed E-state index contributed by atoms with van der Waals surface area (Å²) in [5.41, 5.74) is 0.858. The quantitative estimate of drug-likeness (QED) is 0.408. The van der Waals surface area contributed by atoms with Crippen LogP contribution in [0, 0.1) is 16.7 Å². The number of rotatable bonds is 5. The van der Waals surface area contributed by atoms with E-state index in [4.69, 9.17) is 8.84 Å². The number of carbonyl (C=O) groups excluding carboxylic acids is 1. The van der Waals surface area contributed by atoms with Gasteiger partial charge in [0.2, 0.25) is 0 Å². The Hall–Kier alpha value is -1.13. The Morgan fingerprint density at radius 1 is 1.09 bits per heavy atom. The predicted molar refractivity (Wildman–Crippen MR) is 139 cm³/mol. The van der Waals surface area contributed by atoms with Gasteiger partial charge in [-0.1, -0.05) is 0 Å². The molecule has 1 heterocycles. The van der Waals surface area contributed by atoms with Gasteiger partial charge in [-0.2, -0.15) is 0 Å². The predicted octanol–water partition coefficient (Wildman–Crippen LogP) is 6.60. The maximum atomic E-state index is 14.3. The molecule has 0 spiro atoms. The third-order valence-corrected chi connectivity index (χ3v) is 16.1. The Balaban J connectivity index is 1.83. The van der Waals surface area contributed by atoms with Crippen molar-refractivity contribution in [1.82, 2.24) is 0 Å². The zero-order chi connectivity index (χ0) is 24.2. The van der Waals surface area contributed by atoms with Crippen LogP contribution < -0.4 is 4.46 Å². The van der Waals surface area contributed by atoms with Crippen molar-refractivity contribution < 1.29 is 13.6 Å². The summed E-state index contributed by atoms with van der Waals surface area (Å²) < 4.78 is 14.0. The Morgan fingerprint density at radius 3 is 2.33 bits per heavy atom. The van der Waals surface area contributed by atoms with E-state index in [0.717, 1.165) is 18.4 Å². The summed E-state index contributed by atoms with van der Waals surface area (Å²) >= 11 is 0.0822. The van der Waals surface area contributed by atoms with Gasteiger partial charge in [0.25, 0.3) is 0 Å². The van der Waals surface area contributed by atoms with E-state index in [-0.39, 0.29) is 53.6 Å².